The van der Waals surface area contributed by atoms with Gasteiger partial charge < -0.3 is 15.5 Å². The largest absolute Gasteiger partial charge is 0.339 e. The first-order valence-corrected chi connectivity index (χ1v) is 5.70. The van der Waals surface area contributed by atoms with E-state index in [9.17, 15) is 4.79 Å². The molecule has 0 radical (unpaired) electrons. The molecule has 80 valence electrons. The summed E-state index contributed by atoms with van der Waals surface area (Å²) in [4.78, 5) is 13.9. The van der Waals surface area contributed by atoms with Crippen LogP contribution < -0.4 is 10.6 Å². The first-order valence-electron chi connectivity index (χ1n) is 5.18. The van der Waals surface area contributed by atoms with E-state index in [-0.39, 0.29) is 11.9 Å². The lowest BCUT2D eigenvalue weighted by Gasteiger charge is -2.29. The number of nitrogens with zero attached hydrogens (tertiary/aromatic N) is 1. The van der Waals surface area contributed by atoms with Crippen LogP contribution in [-0.2, 0) is 4.79 Å². The second-order valence-corrected chi connectivity index (χ2v) is 4.66. The van der Waals surface area contributed by atoms with Gasteiger partial charge >= 0.3 is 0 Å². The van der Waals surface area contributed by atoms with Crippen molar-refractivity contribution in [3.05, 3.63) is 0 Å². The fourth-order valence-electron chi connectivity index (χ4n) is 2.01. The van der Waals surface area contributed by atoms with Crippen LogP contribution in [-0.4, -0.2) is 54.8 Å². The Morgan fingerprint density at radius 3 is 2.64 bits per heavy atom. The van der Waals surface area contributed by atoms with Crippen molar-refractivity contribution in [2.45, 2.75) is 17.7 Å². The summed E-state index contributed by atoms with van der Waals surface area (Å²) in [5.74, 6) is 0.253. The maximum atomic E-state index is 11.9. The van der Waals surface area contributed by atoms with Gasteiger partial charge in [0.15, 0.2) is 0 Å². The molecule has 1 amide bonds. The number of amides is 1. The van der Waals surface area contributed by atoms with Gasteiger partial charge in [-0.25, -0.2) is 0 Å². The molecule has 2 aliphatic heterocycles. The molecule has 2 fully saturated rings. The predicted molar refractivity (Wildman–Crippen MR) is 58.6 cm³/mol. The summed E-state index contributed by atoms with van der Waals surface area (Å²) in [5.41, 5.74) is 0. The SMILES string of the molecule is O=C(C1CC(S)CN1)N1CCNCC1. The van der Waals surface area contributed by atoms with Gasteiger partial charge in [0, 0.05) is 38.0 Å². The summed E-state index contributed by atoms with van der Waals surface area (Å²) in [6.45, 7) is 4.37. The van der Waals surface area contributed by atoms with E-state index >= 15 is 0 Å². The monoisotopic (exact) mass is 215 g/mol. The molecule has 0 spiro atoms. The lowest BCUT2D eigenvalue weighted by Crippen LogP contribution is -2.51. The highest BCUT2D eigenvalue weighted by Gasteiger charge is 2.30. The van der Waals surface area contributed by atoms with Crippen LogP contribution in [0.2, 0.25) is 0 Å². The number of nitrogens with one attached hydrogen (secondary N) is 2. The van der Waals surface area contributed by atoms with Crippen molar-refractivity contribution in [1.29, 1.82) is 0 Å². The standard InChI is InChI=1S/C9H17N3OS/c13-9(8-5-7(14)6-11-8)12-3-1-10-2-4-12/h7-8,10-11,14H,1-6H2. The van der Waals surface area contributed by atoms with Gasteiger partial charge in [-0.3, -0.25) is 4.79 Å². The maximum Gasteiger partial charge on any atom is 0.239 e. The molecule has 2 N–H and O–H groups in total. The number of hydrogen-bond donors (Lipinski definition) is 3. The Hall–Kier alpha value is -0.260. The summed E-state index contributed by atoms with van der Waals surface area (Å²) in [6, 6.07) is 0.00981. The molecule has 2 aliphatic rings. The van der Waals surface area contributed by atoms with Crippen LogP contribution >= 0.6 is 12.6 Å². The van der Waals surface area contributed by atoms with E-state index in [4.69, 9.17) is 0 Å². The van der Waals surface area contributed by atoms with Crippen LogP contribution in [0.15, 0.2) is 0 Å². The van der Waals surface area contributed by atoms with Gasteiger partial charge in [0.1, 0.15) is 0 Å². The van der Waals surface area contributed by atoms with Crippen molar-refractivity contribution in [3.8, 4) is 0 Å². The Morgan fingerprint density at radius 2 is 2.07 bits per heavy atom. The number of carbonyl (C=O) groups is 1. The lowest BCUT2D eigenvalue weighted by atomic mass is 10.2. The fraction of sp³-hybridized carbons (Fsp3) is 0.889. The summed E-state index contributed by atoms with van der Waals surface area (Å²) >= 11 is 4.36. The quantitative estimate of drug-likeness (QED) is 0.496. The smallest absolute Gasteiger partial charge is 0.239 e. The Morgan fingerprint density at radius 1 is 1.36 bits per heavy atom. The zero-order valence-electron chi connectivity index (χ0n) is 8.20. The first-order chi connectivity index (χ1) is 6.77. The molecular weight excluding hydrogens is 198 g/mol. The molecule has 2 rings (SSSR count). The molecule has 5 heteroatoms. The van der Waals surface area contributed by atoms with Crippen LogP contribution in [0.1, 0.15) is 6.42 Å². The Balaban J connectivity index is 1.87. The second kappa shape index (κ2) is 4.51. The molecule has 0 saturated carbocycles. The number of piperazine rings is 1. The lowest BCUT2D eigenvalue weighted by molar-refractivity contribution is -0.133. The van der Waals surface area contributed by atoms with Crippen molar-refractivity contribution in [1.82, 2.24) is 15.5 Å². The van der Waals surface area contributed by atoms with E-state index in [2.05, 4.69) is 23.3 Å². The average molecular weight is 215 g/mol. The highest BCUT2D eigenvalue weighted by atomic mass is 32.1. The zero-order valence-corrected chi connectivity index (χ0v) is 9.09. The van der Waals surface area contributed by atoms with Gasteiger partial charge in [-0.15, -0.1) is 0 Å². The number of thiol groups is 1. The summed E-state index contributed by atoms with van der Waals surface area (Å²) in [6.07, 6.45) is 0.867. The molecule has 0 aromatic heterocycles. The average Bonchev–Trinajstić information content (AvgIpc) is 2.65. The number of hydrogen-bond acceptors (Lipinski definition) is 4. The molecule has 0 bridgehead atoms. The first kappa shape index (κ1) is 10.3. The van der Waals surface area contributed by atoms with Crippen molar-refractivity contribution in [3.63, 3.8) is 0 Å². The van der Waals surface area contributed by atoms with Crippen LogP contribution in [0.3, 0.4) is 0 Å². The van der Waals surface area contributed by atoms with E-state index < -0.39 is 0 Å². The molecule has 0 aliphatic carbocycles. The molecule has 2 atom stereocenters. The predicted octanol–water partition coefficient (Wildman–Crippen LogP) is -0.921. The Bertz CT molecular complexity index is 211. The van der Waals surface area contributed by atoms with E-state index in [0.29, 0.717) is 5.25 Å². The van der Waals surface area contributed by atoms with Gasteiger partial charge in [0.05, 0.1) is 6.04 Å². The molecular formula is C9H17N3OS. The van der Waals surface area contributed by atoms with Gasteiger partial charge in [0.2, 0.25) is 5.91 Å². The molecule has 0 aromatic rings. The molecule has 2 unspecified atom stereocenters. The molecule has 2 saturated heterocycles. The number of carbonyl (C=O) groups excluding carboxylic acids is 1. The molecule has 14 heavy (non-hydrogen) atoms. The minimum Gasteiger partial charge on any atom is -0.339 e. The third-order valence-corrected chi connectivity index (χ3v) is 3.23. The minimum absolute atomic E-state index is 0.00981. The van der Waals surface area contributed by atoms with E-state index in [0.717, 1.165) is 39.1 Å². The summed E-state index contributed by atoms with van der Waals surface area (Å²) in [7, 11) is 0. The summed E-state index contributed by atoms with van der Waals surface area (Å²) < 4.78 is 0. The highest BCUT2D eigenvalue weighted by molar-refractivity contribution is 7.81. The van der Waals surface area contributed by atoms with Crippen molar-refractivity contribution < 1.29 is 4.79 Å². The normalized spacial score (nSPS) is 33.4. The van der Waals surface area contributed by atoms with Crippen LogP contribution in [0.25, 0.3) is 0 Å². The molecule has 2 heterocycles. The minimum atomic E-state index is 0.00981. The zero-order chi connectivity index (χ0) is 9.97. The topological polar surface area (TPSA) is 44.4 Å². The van der Waals surface area contributed by atoms with E-state index in [1.165, 1.54) is 0 Å². The van der Waals surface area contributed by atoms with Crippen LogP contribution in [0.5, 0.6) is 0 Å². The van der Waals surface area contributed by atoms with E-state index in [1.807, 2.05) is 4.90 Å². The Labute approximate surface area is 89.8 Å². The second-order valence-electron chi connectivity index (χ2n) is 3.93. The third-order valence-electron chi connectivity index (χ3n) is 2.83. The maximum absolute atomic E-state index is 11.9. The van der Waals surface area contributed by atoms with Gasteiger partial charge in [-0.05, 0) is 6.42 Å². The highest BCUT2D eigenvalue weighted by Crippen LogP contribution is 2.14. The molecule has 4 nitrogen and oxygen atoms in total. The molecule has 0 aromatic carbocycles. The fourth-order valence-corrected chi connectivity index (χ4v) is 2.33. The van der Waals surface area contributed by atoms with Gasteiger partial charge in [0.25, 0.3) is 0 Å². The van der Waals surface area contributed by atoms with Crippen LogP contribution in [0.4, 0.5) is 0 Å². The summed E-state index contributed by atoms with van der Waals surface area (Å²) in [5, 5.41) is 6.79. The van der Waals surface area contributed by atoms with Gasteiger partial charge in [-0.2, -0.15) is 12.6 Å². The Kier molecular flexibility index (Phi) is 3.30. The number of rotatable bonds is 1. The van der Waals surface area contributed by atoms with E-state index in [1.54, 1.807) is 0 Å². The van der Waals surface area contributed by atoms with Gasteiger partial charge in [-0.1, -0.05) is 0 Å². The van der Waals surface area contributed by atoms with Crippen molar-refractivity contribution >= 4 is 18.5 Å². The third kappa shape index (κ3) is 2.21. The van der Waals surface area contributed by atoms with Crippen LogP contribution in [0, 0.1) is 0 Å². The van der Waals surface area contributed by atoms with Crippen molar-refractivity contribution in [2.75, 3.05) is 32.7 Å². The van der Waals surface area contributed by atoms with Crippen molar-refractivity contribution in [2.24, 2.45) is 0 Å².